The van der Waals surface area contributed by atoms with E-state index in [4.69, 9.17) is 5.73 Å². The molecule has 0 unspecified atom stereocenters. The second kappa shape index (κ2) is 6.55. The van der Waals surface area contributed by atoms with Gasteiger partial charge in [0.2, 0.25) is 0 Å². The predicted octanol–water partition coefficient (Wildman–Crippen LogP) is 1.26. The summed E-state index contributed by atoms with van der Waals surface area (Å²) < 4.78 is 38.8. The van der Waals surface area contributed by atoms with Crippen LogP contribution in [0.2, 0.25) is 0 Å². The van der Waals surface area contributed by atoms with Crippen molar-refractivity contribution in [3.05, 3.63) is 18.2 Å². The van der Waals surface area contributed by atoms with Gasteiger partial charge < -0.3 is 15.2 Å². The Morgan fingerprint density at radius 3 is 2.74 bits per heavy atom. The van der Waals surface area contributed by atoms with Gasteiger partial charge in [-0.1, -0.05) is 6.92 Å². The Bertz CT molecular complexity index is 416. The summed E-state index contributed by atoms with van der Waals surface area (Å²) in [7, 11) is 0. The smallest absolute Gasteiger partial charge is 0.335 e. The number of alkyl halides is 3. The first-order valence-electron chi connectivity index (χ1n) is 5.95. The second-order valence-electron chi connectivity index (χ2n) is 4.13. The minimum atomic E-state index is -4.41. The van der Waals surface area contributed by atoms with Crippen LogP contribution in [0.3, 0.4) is 0 Å². The third-order valence-corrected chi connectivity index (χ3v) is 2.39. The molecule has 0 aromatic carbocycles. The van der Waals surface area contributed by atoms with Crippen molar-refractivity contribution in [3.63, 3.8) is 0 Å². The third kappa shape index (κ3) is 4.90. The van der Waals surface area contributed by atoms with Gasteiger partial charge in [-0.05, 0) is 6.42 Å². The van der Waals surface area contributed by atoms with Crippen LogP contribution in [0.4, 0.5) is 13.2 Å². The zero-order valence-corrected chi connectivity index (χ0v) is 10.7. The maximum Gasteiger partial charge on any atom is 0.406 e. The summed E-state index contributed by atoms with van der Waals surface area (Å²) >= 11 is 0. The van der Waals surface area contributed by atoms with Crippen LogP contribution in [0.5, 0.6) is 0 Å². The van der Waals surface area contributed by atoms with Gasteiger partial charge in [-0.25, -0.2) is 4.98 Å². The molecule has 0 saturated heterocycles. The molecule has 0 saturated carbocycles. The molecule has 8 heteroatoms. The lowest BCUT2D eigenvalue weighted by Gasteiger charge is -2.22. The van der Waals surface area contributed by atoms with Crippen LogP contribution in [0.15, 0.2) is 12.5 Å². The van der Waals surface area contributed by atoms with E-state index in [1.54, 1.807) is 11.5 Å². The van der Waals surface area contributed by atoms with Gasteiger partial charge in [0.15, 0.2) is 0 Å². The number of carbonyl (C=O) groups excluding carboxylic acids is 1. The maximum absolute atomic E-state index is 12.4. The summed E-state index contributed by atoms with van der Waals surface area (Å²) in [5.74, 6) is -0.713. The molecule has 0 spiro atoms. The van der Waals surface area contributed by atoms with Crippen molar-refractivity contribution in [2.75, 3.05) is 19.6 Å². The van der Waals surface area contributed by atoms with Crippen molar-refractivity contribution in [2.24, 2.45) is 5.73 Å². The summed E-state index contributed by atoms with van der Waals surface area (Å²) in [4.78, 5) is 16.5. The Kier molecular flexibility index (Phi) is 5.34. The van der Waals surface area contributed by atoms with Gasteiger partial charge in [0, 0.05) is 25.8 Å². The van der Waals surface area contributed by atoms with Crippen LogP contribution < -0.4 is 5.73 Å². The molecule has 1 aromatic heterocycles. The minimum Gasteiger partial charge on any atom is -0.335 e. The molecule has 1 rings (SSSR count). The molecule has 0 radical (unpaired) electrons. The van der Waals surface area contributed by atoms with Crippen molar-refractivity contribution in [3.8, 4) is 0 Å². The molecule has 0 aliphatic carbocycles. The van der Waals surface area contributed by atoms with Gasteiger partial charge in [-0.3, -0.25) is 4.79 Å². The first kappa shape index (κ1) is 15.5. The Balaban J connectivity index is 2.79. The number of halogens is 3. The van der Waals surface area contributed by atoms with Crippen molar-refractivity contribution in [2.45, 2.75) is 26.1 Å². The fourth-order valence-electron chi connectivity index (χ4n) is 1.64. The number of hydrogen-bond donors (Lipinski definition) is 1. The van der Waals surface area contributed by atoms with Crippen LogP contribution >= 0.6 is 0 Å². The highest BCUT2D eigenvalue weighted by Gasteiger charge is 2.33. The molecular weight excluding hydrogens is 261 g/mol. The molecule has 0 bridgehead atoms. The molecule has 1 amide bonds. The normalized spacial score (nSPS) is 11.6. The summed E-state index contributed by atoms with van der Waals surface area (Å²) in [5, 5.41) is 0. The minimum absolute atomic E-state index is 0.00569. The molecule has 19 heavy (non-hydrogen) atoms. The number of rotatable bonds is 6. The van der Waals surface area contributed by atoms with E-state index in [-0.39, 0.29) is 12.2 Å². The van der Waals surface area contributed by atoms with Crippen LogP contribution in [0.25, 0.3) is 0 Å². The molecule has 0 aliphatic heterocycles. The highest BCUT2D eigenvalue weighted by atomic mass is 19.4. The highest BCUT2D eigenvalue weighted by Crippen LogP contribution is 2.18. The first-order valence-corrected chi connectivity index (χ1v) is 5.95. The van der Waals surface area contributed by atoms with E-state index in [2.05, 4.69) is 4.98 Å². The fraction of sp³-hybridized carbons (Fsp3) is 0.636. The molecule has 1 aromatic rings. The summed E-state index contributed by atoms with van der Waals surface area (Å²) in [6.07, 6.45) is -1.16. The highest BCUT2D eigenvalue weighted by molar-refractivity contribution is 5.92. The fourth-order valence-corrected chi connectivity index (χ4v) is 1.64. The van der Waals surface area contributed by atoms with Gasteiger partial charge in [-0.2, -0.15) is 13.2 Å². The van der Waals surface area contributed by atoms with E-state index in [9.17, 15) is 18.0 Å². The number of carbonyl (C=O) groups is 1. The average molecular weight is 278 g/mol. The number of nitrogens with two attached hydrogens (primary N) is 1. The molecule has 5 nitrogen and oxygen atoms in total. The topological polar surface area (TPSA) is 64.2 Å². The molecule has 108 valence electrons. The number of aromatic nitrogens is 2. The van der Waals surface area contributed by atoms with E-state index in [0.29, 0.717) is 19.5 Å². The van der Waals surface area contributed by atoms with Crippen LogP contribution in [0.1, 0.15) is 23.8 Å². The number of nitrogens with zero attached hydrogens (tertiary/aromatic N) is 3. The van der Waals surface area contributed by atoms with Crippen molar-refractivity contribution in [1.82, 2.24) is 14.5 Å². The standard InChI is InChI=1S/C11H17F3N4O/c1-2-4-18(7-11(12,13)14)10(19)9-6-17(5-3-15)8-16-9/h6,8H,2-5,7,15H2,1H3. The molecule has 1 heterocycles. The van der Waals surface area contributed by atoms with Gasteiger partial charge in [0.05, 0.1) is 6.33 Å². The van der Waals surface area contributed by atoms with Crippen LogP contribution in [0, 0.1) is 0 Å². The van der Waals surface area contributed by atoms with E-state index in [1.165, 1.54) is 12.5 Å². The lowest BCUT2D eigenvalue weighted by Crippen LogP contribution is -2.39. The van der Waals surface area contributed by atoms with Crippen molar-refractivity contribution in [1.29, 1.82) is 0 Å². The number of amides is 1. The predicted molar refractivity (Wildman–Crippen MR) is 63.5 cm³/mol. The Morgan fingerprint density at radius 2 is 2.21 bits per heavy atom. The molecular formula is C11H17F3N4O. The largest absolute Gasteiger partial charge is 0.406 e. The Hall–Kier alpha value is -1.57. The average Bonchev–Trinajstić information content (AvgIpc) is 2.75. The summed E-state index contributed by atoms with van der Waals surface area (Å²) in [6.45, 7) is 1.33. The van der Waals surface area contributed by atoms with Crippen molar-refractivity contribution >= 4 is 5.91 Å². The van der Waals surface area contributed by atoms with E-state index in [0.717, 1.165) is 4.90 Å². The Morgan fingerprint density at radius 1 is 1.53 bits per heavy atom. The lowest BCUT2D eigenvalue weighted by atomic mass is 10.3. The first-order chi connectivity index (χ1) is 8.87. The van der Waals surface area contributed by atoms with E-state index in [1.807, 2.05) is 0 Å². The molecule has 2 N–H and O–H groups in total. The summed E-state index contributed by atoms with van der Waals surface area (Å²) in [6, 6.07) is 0. The quantitative estimate of drug-likeness (QED) is 0.852. The molecule has 0 atom stereocenters. The monoisotopic (exact) mass is 278 g/mol. The zero-order valence-electron chi connectivity index (χ0n) is 10.7. The molecule has 0 aliphatic rings. The van der Waals surface area contributed by atoms with Crippen molar-refractivity contribution < 1.29 is 18.0 Å². The molecule has 0 fully saturated rings. The van der Waals surface area contributed by atoms with Gasteiger partial charge in [0.25, 0.3) is 5.91 Å². The SMILES string of the molecule is CCCN(CC(F)(F)F)C(=O)c1cn(CCN)cn1. The van der Waals surface area contributed by atoms with Gasteiger partial charge in [0.1, 0.15) is 12.2 Å². The second-order valence-corrected chi connectivity index (χ2v) is 4.13. The number of hydrogen-bond acceptors (Lipinski definition) is 3. The van der Waals surface area contributed by atoms with E-state index >= 15 is 0 Å². The maximum atomic E-state index is 12.4. The Labute approximate surface area is 109 Å². The zero-order chi connectivity index (χ0) is 14.5. The van der Waals surface area contributed by atoms with Crippen LogP contribution in [-0.4, -0.2) is 46.2 Å². The summed E-state index contributed by atoms with van der Waals surface area (Å²) in [5.41, 5.74) is 5.35. The lowest BCUT2D eigenvalue weighted by molar-refractivity contribution is -0.140. The van der Waals surface area contributed by atoms with Crippen LogP contribution in [-0.2, 0) is 6.54 Å². The van der Waals surface area contributed by atoms with Gasteiger partial charge in [-0.15, -0.1) is 0 Å². The van der Waals surface area contributed by atoms with E-state index < -0.39 is 18.6 Å². The number of imidazole rings is 1. The third-order valence-electron chi connectivity index (χ3n) is 2.39. The van der Waals surface area contributed by atoms with Gasteiger partial charge >= 0.3 is 6.18 Å².